The molecule has 12 heteroatoms. The van der Waals surface area contributed by atoms with Gasteiger partial charge in [0.05, 0.1) is 21.2 Å². The van der Waals surface area contributed by atoms with Crippen LogP contribution in [0.15, 0.2) is 77.7 Å². The lowest BCUT2D eigenvalue weighted by Crippen LogP contribution is -2.55. The summed E-state index contributed by atoms with van der Waals surface area (Å²) >= 11 is 5.81. The Kier molecular flexibility index (Phi) is 10.6. The monoisotopic (exact) mass is 637 g/mol. The van der Waals surface area contributed by atoms with Gasteiger partial charge in [0, 0.05) is 12.1 Å². The highest BCUT2D eigenvalue weighted by molar-refractivity contribution is 7.92. The molecule has 0 bridgehead atoms. The van der Waals surface area contributed by atoms with Crippen LogP contribution in [0.1, 0.15) is 50.8 Å². The van der Waals surface area contributed by atoms with Crippen molar-refractivity contribution < 1.29 is 31.2 Å². The van der Waals surface area contributed by atoms with Crippen molar-refractivity contribution in [1.82, 2.24) is 10.2 Å². The van der Waals surface area contributed by atoms with E-state index in [9.17, 15) is 31.2 Å². The van der Waals surface area contributed by atoms with Crippen molar-refractivity contribution in [3.05, 3.63) is 94.5 Å². The molecule has 0 spiro atoms. The average molecular weight is 638 g/mol. The number of anilines is 1. The fourth-order valence-electron chi connectivity index (χ4n) is 4.40. The van der Waals surface area contributed by atoms with E-state index >= 15 is 0 Å². The molecule has 0 saturated carbocycles. The summed E-state index contributed by atoms with van der Waals surface area (Å²) in [6.07, 6.45) is -4.68. The number of aryl methyl sites for hydroxylation is 1. The van der Waals surface area contributed by atoms with Crippen molar-refractivity contribution in [2.75, 3.05) is 10.8 Å². The van der Waals surface area contributed by atoms with Gasteiger partial charge in [-0.3, -0.25) is 13.9 Å². The van der Waals surface area contributed by atoms with E-state index in [1.807, 2.05) is 19.1 Å². The number of benzene rings is 3. The summed E-state index contributed by atoms with van der Waals surface area (Å²) in [5.74, 6) is -1.22. The molecule has 3 rings (SSSR count). The van der Waals surface area contributed by atoms with E-state index in [2.05, 4.69) is 5.32 Å². The first-order valence-corrected chi connectivity index (χ1v) is 15.4. The molecular weight excluding hydrogens is 603 g/mol. The van der Waals surface area contributed by atoms with Crippen LogP contribution in [0.2, 0.25) is 5.02 Å². The molecule has 2 amide bonds. The fraction of sp³-hybridized carbons (Fsp3) is 0.355. The standard InChI is InChI=1S/C31H35ClF3N3O4S/c1-6-27(29(40)36-30(3,4)5)37(19-22-14-12-21(2)13-15-22)28(39)20-38(43(41,42)24-10-8-7-9-11-24)23-16-17-26(32)25(18-23)31(33,34)35/h7-18,27H,6,19-20H2,1-5H3,(H,36,40)/t27-/m1/s1. The Bertz CT molecular complexity index is 1540. The van der Waals surface area contributed by atoms with Crippen molar-refractivity contribution in [3.8, 4) is 0 Å². The second-order valence-electron chi connectivity index (χ2n) is 11.2. The van der Waals surface area contributed by atoms with Gasteiger partial charge in [-0.1, -0.05) is 66.6 Å². The van der Waals surface area contributed by atoms with Gasteiger partial charge in [0.25, 0.3) is 10.0 Å². The molecule has 0 radical (unpaired) electrons. The number of nitrogens with one attached hydrogen (secondary N) is 1. The minimum absolute atomic E-state index is 0.0389. The van der Waals surface area contributed by atoms with Crippen molar-refractivity contribution in [1.29, 1.82) is 0 Å². The predicted molar refractivity (Wildman–Crippen MR) is 161 cm³/mol. The van der Waals surface area contributed by atoms with Crippen LogP contribution in [0.25, 0.3) is 0 Å². The zero-order valence-electron chi connectivity index (χ0n) is 24.6. The average Bonchev–Trinajstić information content (AvgIpc) is 2.91. The maximum Gasteiger partial charge on any atom is 0.417 e. The van der Waals surface area contributed by atoms with Crippen LogP contribution in [0, 0.1) is 6.92 Å². The first-order chi connectivity index (χ1) is 19.9. The minimum Gasteiger partial charge on any atom is -0.350 e. The quantitative estimate of drug-likeness (QED) is 0.272. The van der Waals surface area contributed by atoms with Crippen molar-refractivity contribution in [3.63, 3.8) is 0 Å². The Hall–Kier alpha value is -3.57. The van der Waals surface area contributed by atoms with Gasteiger partial charge in [0.1, 0.15) is 12.6 Å². The number of sulfonamides is 1. The first-order valence-electron chi connectivity index (χ1n) is 13.6. The minimum atomic E-state index is -4.88. The summed E-state index contributed by atoms with van der Waals surface area (Å²) in [6.45, 7) is 8.07. The van der Waals surface area contributed by atoms with Gasteiger partial charge in [-0.05, 0) is 70.0 Å². The number of amides is 2. The molecule has 0 aromatic heterocycles. The van der Waals surface area contributed by atoms with Gasteiger partial charge in [-0.15, -0.1) is 0 Å². The number of rotatable bonds is 10. The molecule has 1 N–H and O–H groups in total. The van der Waals surface area contributed by atoms with Gasteiger partial charge in [-0.25, -0.2) is 8.42 Å². The number of nitrogens with zero attached hydrogens (tertiary/aromatic N) is 2. The third kappa shape index (κ3) is 8.73. The number of hydrogen-bond acceptors (Lipinski definition) is 4. The van der Waals surface area contributed by atoms with Gasteiger partial charge < -0.3 is 10.2 Å². The molecule has 232 valence electrons. The molecule has 0 fully saturated rings. The van der Waals surface area contributed by atoms with E-state index in [1.54, 1.807) is 45.9 Å². The largest absolute Gasteiger partial charge is 0.417 e. The maximum atomic E-state index is 14.1. The second-order valence-corrected chi connectivity index (χ2v) is 13.4. The summed E-state index contributed by atoms with van der Waals surface area (Å²) in [7, 11) is -4.54. The van der Waals surface area contributed by atoms with Gasteiger partial charge in [-0.2, -0.15) is 13.2 Å². The highest BCUT2D eigenvalue weighted by atomic mass is 35.5. The van der Waals surface area contributed by atoms with Gasteiger partial charge >= 0.3 is 6.18 Å². The normalized spacial score (nSPS) is 12.9. The molecule has 3 aromatic rings. The number of alkyl halides is 3. The molecule has 7 nitrogen and oxygen atoms in total. The smallest absolute Gasteiger partial charge is 0.350 e. The van der Waals surface area contributed by atoms with E-state index in [4.69, 9.17) is 11.6 Å². The topological polar surface area (TPSA) is 86.8 Å². The first kappa shape index (κ1) is 33.9. The number of carbonyl (C=O) groups excluding carboxylic acids is 2. The van der Waals surface area contributed by atoms with Crippen LogP contribution in [0.4, 0.5) is 18.9 Å². The van der Waals surface area contributed by atoms with Crippen molar-refractivity contribution in [2.24, 2.45) is 0 Å². The molecule has 0 aliphatic heterocycles. The lowest BCUT2D eigenvalue weighted by atomic mass is 10.1. The van der Waals surface area contributed by atoms with E-state index < -0.39 is 62.4 Å². The zero-order valence-corrected chi connectivity index (χ0v) is 26.1. The van der Waals surface area contributed by atoms with E-state index in [-0.39, 0.29) is 17.9 Å². The third-order valence-electron chi connectivity index (χ3n) is 6.51. The lowest BCUT2D eigenvalue weighted by molar-refractivity contribution is -0.141. The summed E-state index contributed by atoms with van der Waals surface area (Å²) in [4.78, 5) is 28.5. The maximum absolute atomic E-state index is 14.1. The van der Waals surface area contributed by atoms with Crippen LogP contribution in [0.3, 0.4) is 0 Å². The third-order valence-corrected chi connectivity index (χ3v) is 8.63. The second kappa shape index (κ2) is 13.4. The van der Waals surface area contributed by atoms with Gasteiger partial charge in [0.15, 0.2) is 0 Å². The Balaban J connectivity index is 2.14. The van der Waals surface area contributed by atoms with Crippen LogP contribution in [0.5, 0.6) is 0 Å². The zero-order chi connectivity index (χ0) is 32.2. The summed E-state index contributed by atoms with van der Waals surface area (Å²) < 4.78 is 69.7. The molecule has 0 aliphatic rings. The van der Waals surface area contributed by atoms with Crippen LogP contribution in [-0.4, -0.2) is 43.3 Å². The summed E-state index contributed by atoms with van der Waals surface area (Å²) in [5, 5.41) is 2.25. The number of hydrogen-bond donors (Lipinski definition) is 1. The highest BCUT2D eigenvalue weighted by Gasteiger charge is 2.37. The van der Waals surface area contributed by atoms with E-state index in [1.165, 1.54) is 29.2 Å². The number of halogens is 4. The Labute approximate surface area is 255 Å². The molecule has 43 heavy (non-hydrogen) atoms. The molecular formula is C31H35ClF3N3O4S. The molecule has 0 heterocycles. The fourth-order valence-corrected chi connectivity index (χ4v) is 6.05. The van der Waals surface area contributed by atoms with Crippen molar-refractivity contribution >= 4 is 39.1 Å². The van der Waals surface area contributed by atoms with Gasteiger partial charge in [0.2, 0.25) is 11.8 Å². The SMILES string of the molecule is CC[C@H](C(=O)NC(C)(C)C)N(Cc1ccc(C)cc1)C(=O)CN(c1ccc(Cl)c(C(F)(F)F)c1)S(=O)(=O)c1ccccc1. The summed E-state index contributed by atoms with van der Waals surface area (Å²) in [6, 6.07) is 16.0. The van der Waals surface area contributed by atoms with Crippen LogP contribution >= 0.6 is 11.6 Å². The molecule has 0 unspecified atom stereocenters. The Morgan fingerprint density at radius 1 is 0.953 bits per heavy atom. The van der Waals surface area contributed by atoms with Crippen LogP contribution in [-0.2, 0) is 32.3 Å². The van der Waals surface area contributed by atoms with Crippen LogP contribution < -0.4 is 9.62 Å². The molecule has 0 saturated heterocycles. The molecule has 3 aromatic carbocycles. The number of carbonyl (C=O) groups is 2. The molecule has 0 aliphatic carbocycles. The van der Waals surface area contributed by atoms with Crippen molar-refractivity contribution in [2.45, 2.75) is 70.2 Å². The summed E-state index contributed by atoms with van der Waals surface area (Å²) in [5.41, 5.74) is -0.619. The Morgan fingerprint density at radius 2 is 1.56 bits per heavy atom. The van der Waals surface area contributed by atoms with E-state index in [0.29, 0.717) is 15.9 Å². The predicted octanol–water partition coefficient (Wildman–Crippen LogP) is 6.58. The lowest BCUT2D eigenvalue weighted by Gasteiger charge is -2.35. The highest BCUT2D eigenvalue weighted by Crippen LogP contribution is 2.38. The Morgan fingerprint density at radius 3 is 2.09 bits per heavy atom. The molecule has 1 atom stereocenters. The van der Waals surface area contributed by atoms with E-state index in [0.717, 1.165) is 17.7 Å².